The van der Waals surface area contributed by atoms with E-state index in [1.807, 2.05) is 0 Å². The minimum Gasteiger partial charge on any atom is -0.323 e. The van der Waals surface area contributed by atoms with Crippen LogP contribution in [0.25, 0.3) is 0 Å². The van der Waals surface area contributed by atoms with E-state index < -0.39 is 0 Å². The molecule has 0 radical (unpaired) electrons. The number of rotatable bonds is 6. The molecule has 20 heavy (non-hydrogen) atoms. The Balaban J connectivity index is 1.82. The van der Waals surface area contributed by atoms with Crippen molar-refractivity contribution in [1.29, 1.82) is 0 Å². The minimum atomic E-state index is -0.309. The molecule has 1 aromatic heterocycles. The van der Waals surface area contributed by atoms with Crippen LogP contribution in [-0.4, -0.2) is 29.5 Å². The molecule has 1 atom stereocenters. The van der Waals surface area contributed by atoms with Gasteiger partial charge in [-0.3, -0.25) is 4.98 Å². The number of nitrogens with two attached hydrogens (primary N) is 1. The van der Waals surface area contributed by atoms with Gasteiger partial charge in [-0.2, -0.15) is 0 Å². The summed E-state index contributed by atoms with van der Waals surface area (Å²) in [5.74, 6) is -0.309. The van der Waals surface area contributed by atoms with E-state index >= 15 is 0 Å². The van der Waals surface area contributed by atoms with Gasteiger partial charge in [0.2, 0.25) is 0 Å². The predicted molar refractivity (Wildman–Crippen MR) is 79.8 cm³/mol. The Morgan fingerprint density at radius 3 is 2.70 bits per heavy atom. The van der Waals surface area contributed by atoms with E-state index in [2.05, 4.69) is 23.7 Å². The third kappa shape index (κ3) is 3.55. The fraction of sp³-hybridized carbons (Fsp3) is 0.688. The fourth-order valence-electron chi connectivity index (χ4n) is 3.12. The zero-order valence-electron chi connectivity index (χ0n) is 12.6. The van der Waals surface area contributed by atoms with Crippen LogP contribution in [0.5, 0.6) is 0 Å². The number of nitrogens with zero attached hydrogens (tertiary/aromatic N) is 2. The maximum atomic E-state index is 12.8. The van der Waals surface area contributed by atoms with E-state index in [-0.39, 0.29) is 11.9 Å². The normalized spacial score (nSPS) is 20.2. The predicted octanol–water partition coefficient (Wildman–Crippen LogP) is 3.12. The standard InChI is InChI=1S/C16H26FN3/c1-3-16(4-2)8-10-20(12-16)9-7-14(18)15-6-5-13(17)11-19-15/h5-6,11,14H,3-4,7-10,12,18H2,1-2H3. The van der Waals surface area contributed by atoms with Crippen LogP contribution in [0.4, 0.5) is 4.39 Å². The smallest absolute Gasteiger partial charge is 0.141 e. The Hall–Kier alpha value is -1.00. The molecule has 2 rings (SSSR count). The molecule has 0 saturated carbocycles. The van der Waals surface area contributed by atoms with E-state index in [1.54, 1.807) is 6.07 Å². The molecule has 0 bridgehead atoms. The molecule has 1 aliphatic heterocycles. The van der Waals surface area contributed by atoms with E-state index in [1.165, 1.54) is 44.6 Å². The lowest BCUT2D eigenvalue weighted by molar-refractivity contribution is 0.235. The van der Waals surface area contributed by atoms with Crippen LogP contribution in [0, 0.1) is 11.2 Å². The zero-order valence-corrected chi connectivity index (χ0v) is 12.6. The lowest BCUT2D eigenvalue weighted by atomic mass is 9.82. The van der Waals surface area contributed by atoms with E-state index in [0.717, 1.165) is 18.7 Å². The first kappa shape index (κ1) is 15.4. The number of likely N-dealkylation sites (tertiary alicyclic amines) is 1. The van der Waals surface area contributed by atoms with Crippen molar-refractivity contribution >= 4 is 0 Å². The first-order valence-electron chi connectivity index (χ1n) is 7.68. The average molecular weight is 279 g/mol. The monoisotopic (exact) mass is 279 g/mol. The third-order valence-electron chi connectivity index (χ3n) is 4.90. The second-order valence-corrected chi connectivity index (χ2v) is 6.03. The van der Waals surface area contributed by atoms with Gasteiger partial charge < -0.3 is 10.6 Å². The largest absolute Gasteiger partial charge is 0.323 e. The van der Waals surface area contributed by atoms with Crippen molar-refractivity contribution in [3.8, 4) is 0 Å². The molecule has 112 valence electrons. The van der Waals surface area contributed by atoms with Gasteiger partial charge in [-0.1, -0.05) is 13.8 Å². The van der Waals surface area contributed by atoms with Crippen LogP contribution in [0.15, 0.2) is 18.3 Å². The van der Waals surface area contributed by atoms with Crippen molar-refractivity contribution < 1.29 is 4.39 Å². The summed E-state index contributed by atoms with van der Waals surface area (Å²) < 4.78 is 12.8. The molecule has 2 N–H and O–H groups in total. The van der Waals surface area contributed by atoms with Gasteiger partial charge in [-0.25, -0.2) is 4.39 Å². The number of pyridine rings is 1. The maximum absolute atomic E-state index is 12.8. The van der Waals surface area contributed by atoms with Gasteiger partial charge in [-0.05, 0) is 49.8 Å². The average Bonchev–Trinajstić information content (AvgIpc) is 2.90. The molecular formula is C16H26FN3. The number of aromatic nitrogens is 1. The topological polar surface area (TPSA) is 42.1 Å². The first-order valence-corrected chi connectivity index (χ1v) is 7.68. The summed E-state index contributed by atoms with van der Waals surface area (Å²) in [7, 11) is 0. The minimum absolute atomic E-state index is 0.103. The Bertz CT molecular complexity index is 414. The number of halogens is 1. The number of hydrogen-bond acceptors (Lipinski definition) is 3. The highest BCUT2D eigenvalue weighted by Gasteiger charge is 2.34. The van der Waals surface area contributed by atoms with Crippen LogP contribution in [-0.2, 0) is 0 Å². The van der Waals surface area contributed by atoms with E-state index in [9.17, 15) is 4.39 Å². The Morgan fingerprint density at radius 1 is 1.40 bits per heavy atom. The van der Waals surface area contributed by atoms with Crippen LogP contribution in [0.3, 0.4) is 0 Å². The molecule has 1 unspecified atom stereocenters. The molecule has 4 heteroatoms. The molecule has 1 saturated heterocycles. The van der Waals surface area contributed by atoms with Crippen LogP contribution >= 0.6 is 0 Å². The van der Waals surface area contributed by atoms with Crippen molar-refractivity contribution in [1.82, 2.24) is 9.88 Å². The third-order valence-corrected chi connectivity index (χ3v) is 4.90. The van der Waals surface area contributed by atoms with Crippen molar-refractivity contribution in [2.75, 3.05) is 19.6 Å². The van der Waals surface area contributed by atoms with Gasteiger partial charge >= 0.3 is 0 Å². The lowest BCUT2D eigenvalue weighted by Gasteiger charge is -2.26. The van der Waals surface area contributed by atoms with Crippen LogP contribution in [0.2, 0.25) is 0 Å². The highest BCUT2D eigenvalue weighted by molar-refractivity contribution is 5.09. The summed E-state index contributed by atoms with van der Waals surface area (Å²) in [6.07, 6.45) is 5.92. The summed E-state index contributed by atoms with van der Waals surface area (Å²) in [6, 6.07) is 3.01. The van der Waals surface area contributed by atoms with Crippen molar-refractivity contribution in [2.45, 2.75) is 45.6 Å². The summed E-state index contributed by atoms with van der Waals surface area (Å²) in [5, 5.41) is 0. The molecule has 1 fully saturated rings. The molecule has 0 aromatic carbocycles. The molecule has 2 heterocycles. The molecule has 0 aliphatic carbocycles. The van der Waals surface area contributed by atoms with Crippen LogP contribution < -0.4 is 5.73 Å². The van der Waals surface area contributed by atoms with Crippen LogP contribution in [0.1, 0.15) is 51.3 Å². The summed E-state index contributed by atoms with van der Waals surface area (Å²) in [4.78, 5) is 6.58. The SMILES string of the molecule is CCC1(CC)CCN(CCC(N)c2ccc(F)cn2)C1. The quantitative estimate of drug-likeness (QED) is 0.870. The Kier molecular flexibility index (Phi) is 5.11. The highest BCUT2D eigenvalue weighted by Crippen LogP contribution is 2.37. The van der Waals surface area contributed by atoms with Gasteiger partial charge in [0.1, 0.15) is 5.82 Å². The van der Waals surface area contributed by atoms with Crippen molar-refractivity contribution in [3.63, 3.8) is 0 Å². The fourth-order valence-corrected chi connectivity index (χ4v) is 3.12. The van der Waals surface area contributed by atoms with Crippen molar-refractivity contribution in [3.05, 3.63) is 29.8 Å². The van der Waals surface area contributed by atoms with Gasteiger partial charge in [0.05, 0.1) is 11.9 Å². The highest BCUT2D eigenvalue weighted by atomic mass is 19.1. The molecule has 0 amide bonds. The second kappa shape index (κ2) is 6.64. The van der Waals surface area contributed by atoms with Gasteiger partial charge in [0.25, 0.3) is 0 Å². The molecule has 1 aliphatic rings. The van der Waals surface area contributed by atoms with Gasteiger partial charge in [0.15, 0.2) is 0 Å². The zero-order chi connectivity index (χ0) is 14.6. The molecule has 3 nitrogen and oxygen atoms in total. The second-order valence-electron chi connectivity index (χ2n) is 6.03. The molecule has 0 spiro atoms. The maximum Gasteiger partial charge on any atom is 0.141 e. The first-order chi connectivity index (χ1) is 9.58. The Morgan fingerprint density at radius 2 is 2.15 bits per heavy atom. The van der Waals surface area contributed by atoms with Gasteiger partial charge in [0, 0.05) is 19.1 Å². The number of hydrogen-bond donors (Lipinski definition) is 1. The molecular weight excluding hydrogens is 253 g/mol. The summed E-state index contributed by atoms with van der Waals surface area (Å²) >= 11 is 0. The van der Waals surface area contributed by atoms with E-state index in [4.69, 9.17) is 5.73 Å². The van der Waals surface area contributed by atoms with Gasteiger partial charge in [-0.15, -0.1) is 0 Å². The lowest BCUT2D eigenvalue weighted by Crippen LogP contribution is -2.29. The van der Waals surface area contributed by atoms with Crippen molar-refractivity contribution in [2.24, 2.45) is 11.1 Å². The molecule has 1 aromatic rings. The van der Waals surface area contributed by atoms with E-state index in [0.29, 0.717) is 5.41 Å². The Labute approximate surface area is 121 Å². The summed E-state index contributed by atoms with van der Waals surface area (Å²) in [5.41, 5.74) is 7.44. The summed E-state index contributed by atoms with van der Waals surface area (Å²) in [6.45, 7) is 7.94.